The Balaban J connectivity index is 3.24. The number of hydrogen-bond donors (Lipinski definition) is 2. The van der Waals surface area contributed by atoms with Gasteiger partial charge in [-0.05, 0) is 25.0 Å². The molecule has 1 aromatic rings. The van der Waals surface area contributed by atoms with Crippen molar-refractivity contribution in [3.05, 3.63) is 28.8 Å². The normalized spacial score (nSPS) is 11.6. The van der Waals surface area contributed by atoms with Gasteiger partial charge in [-0.2, -0.15) is 0 Å². The Kier molecular flexibility index (Phi) is 5.78. The van der Waals surface area contributed by atoms with E-state index in [4.69, 9.17) is 22.5 Å². The molecule has 0 atom stereocenters. The largest absolute Gasteiger partial charge is 0.409 e. The first-order chi connectivity index (χ1) is 8.65. The number of hydrogen-bond acceptors (Lipinski definition) is 3. The third-order valence-electron chi connectivity index (χ3n) is 2.68. The summed E-state index contributed by atoms with van der Waals surface area (Å²) in [6, 6.07) is 5.57. The van der Waals surface area contributed by atoms with Gasteiger partial charge in [0.1, 0.15) is 0 Å². The summed E-state index contributed by atoms with van der Waals surface area (Å²) < 4.78 is 0. The standard InChI is InChI=1S/C13H20ClN3O/c1-3-8-17(9-4-2)11-7-5-6-10(14)12(11)13(15)16-18/h5-7,18H,3-4,8-9H2,1-2H3,(H2,15,16). The smallest absolute Gasteiger partial charge is 0.173 e. The second-order valence-corrected chi connectivity index (χ2v) is 4.51. The minimum Gasteiger partial charge on any atom is -0.409 e. The van der Waals surface area contributed by atoms with Crippen LogP contribution in [0.1, 0.15) is 32.3 Å². The van der Waals surface area contributed by atoms with Crippen molar-refractivity contribution < 1.29 is 5.21 Å². The molecule has 3 N–H and O–H groups in total. The molecule has 0 saturated heterocycles. The molecule has 18 heavy (non-hydrogen) atoms. The molecule has 0 heterocycles. The molecule has 0 saturated carbocycles. The summed E-state index contributed by atoms with van der Waals surface area (Å²) in [5, 5.41) is 12.4. The molecule has 0 amide bonds. The van der Waals surface area contributed by atoms with Crippen molar-refractivity contribution in [2.75, 3.05) is 18.0 Å². The van der Waals surface area contributed by atoms with E-state index in [0.717, 1.165) is 31.6 Å². The number of oxime groups is 1. The maximum atomic E-state index is 8.86. The first-order valence-electron chi connectivity index (χ1n) is 6.17. The zero-order valence-corrected chi connectivity index (χ0v) is 11.6. The minimum absolute atomic E-state index is 0.0489. The zero-order chi connectivity index (χ0) is 13.5. The van der Waals surface area contributed by atoms with Crippen LogP contribution in [0, 0.1) is 0 Å². The van der Waals surface area contributed by atoms with Gasteiger partial charge in [0.2, 0.25) is 0 Å². The van der Waals surface area contributed by atoms with E-state index in [1.165, 1.54) is 0 Å². The SMILES string of the molecule is CCCN(CCC)c1cccc(Cl)c1C(N)=NO. The van der Waals surface area contributed by atoms with Crippen LogP contribution in [0.25, 0.3) is 0 Å². The highest BCUT2D eigenvalue weighted by Crippen LogP contribution is 2.27. The van der Waals surface area contributed by atoms with Crippen molar-refractivity contribution in [1.29, 1.82) is 0 Å². The predicted octanol–water partition coefficient (Wildman–Crippen LogP) is 3.06. The Hall–Kier alpha value is -1.42. The predicted molar refractivity (Wildman–Crippen MR) is 76.8 cm³/mol. The summed E-state index contributed by atoms with van der Waals surface area (Å²) in [5.41, 5.74) is 7.23. The molecular formula is C13H20ClN3O. The van der Waals surface area contributed by atoms with Crippen LogP contribution in [0.2, 0.25) is 5.02 Å². The summed E-state index contributed by atoms with van der Waals surface area (Å²) in [4.78, 5) is 2.21. The fourth-order valence-corrected chi connectivity index (χ4v) is 2.24. The molecule has 1 rings (SSSR count). The minimum atomic E-state index is 0.0489. The highest BCUT2D eigenvalue weighted by molar-refractivity contribution is 6.34. The van der Waals surface area contributed by atoms with Crippen molar-refractivity contribution in [2.45, 2.75) is 26.7 Å². The molecule has 4 nitrogen and oxygen atoms in total. The fourth-order valence-electron chi connectivity index (χ4n) is 1.97. The van der Waals surface area contributed by atoms with Crippen LogP contribution in [0.3, 0.4) is 0 Å². The van der Waals surface area contributed by atoms with Crippen LogP contribution in [0.5, 0.6) is 0 Å². The second kappa shape index (κ2) is 7.11. The Labute approximate surface area is 113 Å². The molecule has 0 aliphatic heterocycles. The highest BCUT2D eigenvalue weighted by Gasteiger charge is 2.16. The molecule has 5 heteroatoms. The van der Waals surface area contributed by atoms with Gasteiger partial charge in [-0.3, -0.25) is 0 Å². The molecule has 0 unspecified atom stereocenters. The first kappa shape index (κ1) is 14.6. The van der Waals surface area contributed by atoms with Crippen molar-refractivity contribution in [3.8, 4) is 0 Å². The van der Waals surface area contributed by atoms with Gasteiger partial charge >= 0.3 is 0 Å². The van der Waals surface area contributed by atoms with Crippen molar-refractivity contribution >= 4 is 23.1 Å². The van der Waals surface area contributed by atoms with Crippen LogP contribution < -0.4 is 10.6 Å². The maximum Gasteiger partial charge on any atom is 0.173 e. The molecule has 0 spiro atoms. The van der Waals surface area contributed by atoms with Gasteiger partial charge in [-0.1, -0.05) is 36.7 Å². The molecule has 0 fully saturated rings. The number of halogens is 1. The average Bonchev–Trinajstić information content (AvgIpc) is 2.37. The van der Waals surface area contributed by atoms with Crippen molar-refractivity contribution in [3.63, 3.8) is 0 Å². The number of amidine groups is 1. The van der Waals surface area contributed by atoms with E-state index in [-0.39, 0.29) is 5.84 Å². The van der Waals surface area contributed by atoms with Gasteiger partial charge < -0.3 is 15.8 Å². The number of nitrogens with zero attached hydrogens (tertiary/aromatic N) is 2. The second-order valence-electron chi connectivity index (χ2n) is 4.11. The summed E-state index contributed by atoms with van der Waals surface area (Å²) >= 11 is 6.15. The Morgan fingerprint density at radius 3 is 2.44 bits per heavy atom. The van der Waals surface area contributed by atoms with Crippen LogP contribution in [0.4, 0.5) is 5.69 Å². The summed E-state index contributed by atoms with van der Waals surface area (Å²) in [7, 11) is 0. The lowest BCUT2D eigenvalue weighted by atomic mass is 10.1. The van der Waals surface area contributed by atoms with E-state index in [9.17, 15) is 0 Å². The van der Waals surface area contributed by atoms with E-state index >= 15 is 0 Å². The number of benzene rings is 1. The van der Waals surface area contributed by atoms with E-state index in [0.29, 0.717) is 10.6 Å². The van der Waals surface area contributed by atoms with Crippen LogP contribution in [-0.2, 0) is 0 Å². The Bertz CT molecular complexity index is 415. The summed E-state index contributed by atoms with van der Waals surface area (Å²) in [6.45, 7) is 6.08. The fraction of sp³-hybridized carbons (Fsp3) is 0.462. The van der Waals surface area contributed by atoms with Gasteiger partial charge in [0.15, 0.2) is 5.84 Å². The van der Waals surface area contributed by atoms with Crippen LogP contribution >= 0.6 is 11.6 Å². The third-order valence-corrected chi connectivity index (χ3v) is 3.00. The topological polar surface area (TPSA) is 61.8 Å². The maximum absolute atomic E-state index is 8.86. The lowest BCUT2D eigenvalue weighted by Gasteiger charge is -2.26. The van der Waals surface area contributed by atoms with Crippen molar-refractivity contribution in [1.82, 2.24) is 0 Å². The van der Waals surface area contributed by atoms with E-state index in [1.807, 2.05) is 12.1 Å². The number of nitrogens with two attached hydrogens (primary N) is 1. The molecule has 1 aromatic carbocycles. The Morgan fingerprint density at radius 1 is 1.33 bits per heavy atom. The van der Waals surface area contributed by atoms with Gasteiger partial charge in [-0.15, -0.1) is 0 Å². The molecule has 0 radical (unpaired) electrons. The van der Waals surface area contributed by atoms with Gasteiger partial charge in [0.05, 0.1) is 10.6 Å². The van der Waals surface area contributed by atoms with E-state index in [2.05, 4.69) is 23.9 Å². The number of anilines is 1. The zero-order valence-electron chi connectivity index (χ0n) is 10.9. The molecule has 0 aliphatic rings. The summed E-state index contributed by atoms with van der Waals surface area (Å²) in [5.74, 6) is 0.0489. The highest BCUT2D eigenvalue weighted by atomic mass is 35.5. The lowest BCUT2D eigenvalue weighted by Crippen LogP contribution is -2.28. The Morgan fingerprint density at radius 2 is 1.94 bits per heavy atom. The molecule has 0 bridgehead atoms. The lowest BCUT2D eigenvalue weighted by molar-refractivity contribution is 0.318. The molecular weight excluding hydrogens is 250 g/mol. The molecule has 0 aromatic heterocycles. The molecule has 100 valence electrons. The summed E-state index contributed by atoms with van der Waals surface area (Å²) in [6.07, 6.45) is 2.06. The first-order valence-corrected chi connectivity index (χ1v) is 6.54. The van der Waals surface area contributed by atoms with E-state index in [1.54, 1.807) is 6.07 Å². The van der Waals surface area contributed by atoms with E-state index < -0.39 is 0 Å². The van der Waals surface area contributed by atoms with Crippen molar-refractivity contribution in [2.24, 2.45) is 10.9 Å². The van der Waals surface area contributed by atoms with Gasteiger partial charge in [-0.25, -0.2) is 0 Å². The van der Waals surface area contributed by atoms with Gasteiger partial charge in [0.25, 0.3) is 0 Å². The van der Waals surface area contributed by atoms with Crippen LogP contribution in [0.15, 0.2) is 23.4 Å². The quantitative estimate of drug-likeness (QED) is 0.361. The average molecular weight is 270 g/mol. The molecule has 0 aliphatic carbocycles. The number of rotatable bonds is 6. The third kappa shape index (κ3) is 3.29. The van der Waals surface area contributed by atoms with Gasteiger partial charge in [0, 0.05) is 18.8 Å². The van der Waals surface area contributed by atoms with Crippen LogP contribution in [-0.4, -0.2) is 24.1 Å². The monoisotopic (exact) mass is 269 g/mol.